The number of amides is 1. The topological polar surface area (TPSA) is 59.8 Å². The largest absolute Gasteiger partial charge is 0.342 e. The zero-order valence-corrected chi connectivity index (χ0v) is 20.6. The summed E-state index contributed by atoms with van der Waals surface area (Å²) in [4.78, 5) is 12.7. The molecule has 3 aromatic carbocycles. The summed E-state index contributed by atoms with van der Waals surface area (Å²) in [6.45, 7) is 5.92. The van der Waals surface area contributed by atoms with Gasteiger partial charge in [0.2, 0.25) is 0 Å². The molecule has 34 heavy (non-hydrogen) atoms. The summed E-state index contributed by atoms with van der Waals surface area (Å²) < 4.78 is 15.2. The molecule has 4 rings (SSSR count). The minimum Gasteiger partial charge on any atom is -0.342 e. The molecule has 1 atom stereocenters. The maximum Gasteiger partial charge on any atom is 0.251 e. The normalized spacial score (nSPS) is 11.9. The van der Waals surface area contributed by atoms with Crippen LogP contribution in [0.15, 0.2) is 71.9 Å². The number of hydrogen-bond donors (Lipinski definition) is 1. The van der Waals surface area contributed by atoms with Gasteiger partial charge in [-0.3, -0.25) is 9.36 Å². The van der Waals surface area contributed by atoms with Crippen LogP contribution in [0, 0.1) is 19.7 Å². The highest BCUT2D eigenvalue weighted by atomic mass is 35.5. The molecule has 1 amide bonds. The average molecular weight is 495 g/mol. The Labute approximate surface area is 207 Å². The van der Waals surface area contributed by atoms with Crippen LogP contribution in [0.4, 0.5) is 4.39 Å². The summed E-state index contributed by atoms with van der Waals surface area (Å²) in [5.74, 6) is 0.587. The van der Waals surface area contributed by atoms with E-state index in [4.69, 9.17) is 11.6 Å². The van der Waals surface area contributed by atoms with Crippen molar-refractivity contribution in [2.45, 2.75) is 37.7 Å². The van der Waals surface area contributed by atoms with E-state index in [1.165, 1.54) is 35.4 Å². The van der Waals surface area contributed by atoms with E-state index in [9.17, 15) is 9.18 Å². The van der Waals surface area contributed by atoms with Gasteiger partial charge in [-0.15, -0.1) is 10.2 Å². The molecule has 0 aliphatic heterocycles. The van der Waals surface area contributed by atoms with Crippen molar-refractivity contribution in [3.63, 3.8) is 0 Å². The van der Waals surface area contributed by atoms with Gasteiger partial charge in [-0.2, -0.15) is 0 Å². The van der Waals surface area contributed by atoms with Crippen molar-refractivity contribution in [2.24, 2.45) is 0 Å². The van der Waals surface area contributed by atoms with Gasteiger partial charge in [0.1, 0.15) is 5.82 Å². The van der Waals surface area contributed by atoms with E-state index in [1.54, 1.807) is 11.8 Å². The fraction of sp³-hybridized carbons (Fsp3) is 0.192. The fourth-order valence-corrected chi connectivity index (χ4v) is 4.76. The lowest BCUT2D eigenvalue weighted by Crippen LogP contribution is -2.28. The molecule has 0 spiro atoms. The fourth-order valence-electron chi connectivity index (χ4n) is 3.57. The molecule has 1 heterocycles. The van der Waals surface area contributed by atoms with Crippen LogP contribution in [0.25, 0.3) is 5.69 Å². The number of halogens is 2. The lowest BCUT2D eigenvalue weighted by Gasteiger charge is -2.18. The van der Waals surface area contributed by atoms with Crippen molar-refractivity contribution in [3.05, 3.63) is 106 Å². The van der Waals surface area contributed by atoms with E-state index in [2.05, 4.69) is 34.6 Å². The Bertz CT molecular complexity index is 1320. The molecule has 1 aromatic heterocycles. The van der Waals surface area contributed by atoms with Gasteiger partial charge in [0.15, 0.2) is 11.0 Å². The number of carbonyl (C=O) groups excluding carboxylic acids is 1. The molecule has 8 heteroatoms. The second kappa shape index (κ2) is 10.4. The number of aromatic nitrogens is 3. The Kier molecular flexibility index (Phi) is 7.34. The third-order valence-corrected chi connectivity index (χ3v) is 6.74. The summed E-state index contributed by atoms with van der Waals surface area (Å²) in [7, 11) is 0. The molecule has 0 saturated carbocycles. The molecule has 1 unspecified atom stereocenters. The van der Waals surface area contributed by atoms with E-state index in [0.29, 0.717) is 21.6 Å². The second-order valence-corrected chi connectivity index (χ2v) is 9.40. The molecule has 4 aromatic rings. The van der Waals surface area contributed by atoms with Gasteiger partial charge in [0, 0.05) is 16.3 Å². The lowest BCUT2D eigenvalue weighted by atomic mass is 10.1. The second-order valence-electron chi connectivity index (χ2n) is 8.02. The monoisotopic (exact) mass is 494 g/mol. The first-order chi connectivity index (χ1) is 16.3. The first kappa shape index (κ1) is 24.0. The van der Waals surface area contributed by atoms with E-state index in [1.807, 2.05) is 48.7 Å². The van der Waals surface area contributed by atoms with Crippen molar-refractivity contribution in [1.82, 2.24) is 20.1 Å². The van der Waals surface area contributed by atoms with Crippen LogP contribution >= 0.6 is 23.4 Å². The number of thioether (sulfide) groups is 1. The third-order valence-electron chi connectivity index (χ3n) is 5.53. The zero-order chi connectivity index (χ0) is 24.2. The Balaban J connectivity index is 1.67. The third kappa shape index (κ3) is 5.32. The highest BCUT2D eigenvalue weighted by Crippen LogP contribution is 2.31. The van der Waals surface area contributed by atoms with E-state index >= 15 is 0 Å². The number of nitrogens with one attached hydrogen (secondary N) is 1. The van der Waals surface area contributed by atoms with E-state index in [0.717, 1.165) is 17.0 Å². The molecular formula is C26H24ClFN4OS. The van der Waals surface area contributed by atoms with Crippen LogP contribution in [-0.2, 0) is 5.75 Å². The lowest BCUT2D eigenvalue weighted by molar-refractivity contribution is 0.0938. The number of rotatable bonds is 7. The van der Waals surface area contributed by atoms with Crippen molar-refractivity contribution >= 4 is 29.3 Å². The van der Waals surface area contributed by atoms with Gasteiger partial charge in [-0.05, 0) is 73.9 Å². The highest BCUT2D eigenvalue weighted by molar-refractivity contribution is 7.98. The van der Waals surface area contributed by atoms with Crippen LogP contribution in [0.2, 0.25) is 5.02 Å². The Hall–Kier alpha value is -3.16. The predicted octanol–water partition coefficient (Wildman–Crippen LogP) is 6.46. The summed E-state index contributed by atoms with van der Waals surface area (Å²) in [5, 5.41) is 13.1. The molecule has 0 aliphatic carbocycles. The number of nitrogens with zero attached hydrogens (tertiary/aromatic N) is 3. The molecule has 0 radical (unpaired) electrons. The van der Waals surface area contributed by atoms with Gasteiger partial charge in [-0.25, -0.2) is 4.39 Å². The molecule has 5 nitrogen and oxygen atoms in total. The van der Waals surface area contributed by atoms with Crippen molar-refractivity contribution in [2.75, 3.05) is 0 Å². The maximum absolute atomic E-state index is 13.2. The Morgan fingerprint density at radius 2 is 1.79 bits per heavy atom. The SMILES string of the molecule is Cc1ccccc1CSc1nnc(C(C)NC(=O)c2ccc(F)cc2)n1-c1cc(Cl)ccc1C. The van der Waals surface area contributed by atoms with Gasteiger partial charge in [0.05, 0.1) is 11.7 Å². The van der Waals surface area contributed by atoms with Crippen molar-refractivity contribution in [1.29, 1.82) is 0 Å². The average Bonchev–Trinajstić information content (AvgIpc) is 3.24. The summed E-state index contributed by atoms with van der Waals surface area (Å²) in [6.07, 6.45) is 0. The molecule has 0 aliphatic rings. The van der Waals surface area contributed by atoms with E-state index < -0.39 is 11.9 Å². The number of carbonyl (C=O) groups is 1. The standard InChI is InChI=1S/C26H24ClFN4OS/c1-16-6-4-5-7-20(16)15-34-26-31-30-24(32(26)23-14-21(27)11-8-17(23)2)18(3)29-25(33)19-9-12-22(28)13-10-19/h4-14,18H,15H2,1-3H3,(H,29,33). The van der Waals surface area contributed by atoms with Crippen LogP contribution in [-0.4, -0.2) is 20.7 Å². The van der Waals surface area contributed by atoms with Crippen LogP contribution in [0.5, 0.6) is 0 Å². The molecule has 174 valence electrons. The Morgan fingerprint density at radius 1 is 1.06 bits per heavy atom. The smallest absolute Gasteiger partial charge is 0.251 e. The Morgan fingerprint density at radius 3 is 2.53 bits per heavy atom. The van der Waals surface area contributed by atoms with Gasteiger partial charge in [-0.1, -0.05) is 53.7 Å². The van der Waals surface area contributed by atoms with Gasteiger partial charge < -0.3 is 5.32 Å². The molecule has 1 N–H and O–H groups in total. The number of hydrogen-bond acceptors (Lipinski definition) is 4. The molecule has 0 bridgehead atoms. The molecule has 0 saturated heterocycles. The quantitative estimate of drug-likeness (QED) is 0.299. The van der Waals surface area contributed by atoms with Gasteiger partial charge in [0.25, 0.3) is 5.91 Å². The number of benzene rings is 3. The summed E-state index contributed by atoms with van der Waals surface area (Å²) in [5.41, 5.74) is 4.64. The van der Waals surface area contributed by atoms with Crippen molar-refractivity contribution in [3.8, 4) is 5.69 Å². The first-order valence-electron chi connectivity index (χ1n) is 10.8. The van der Waals surface area contributed by atoms with Crippen LogP contribution < -0.4 is 5.32 Å². The minimum atomic E-state index is -0.462. The molecular weight excluding hydrogens is 471 g/mol. The molecule has 0 fully saturated rings. The van der Waals surface area contributed by atoms with Crippen molar-refractivity contribution < 1.29 is 9.18 Å². The van der Waals surface area contributed by atoms with Crippen LogP contribution in [0.1, 0.15) is 45.8 Å². The predicted molar refractivity (Wildman–Crippen MR) is 134 cm³/mol. The highest BCUT2D eigenvalue weighted by Gasteiger charge is 2.23. The summed E-state index contributed by atoms with van der Waals surface area (Å²) in [6, 6.07) is 18.8. The van der Waals surface area contributed by atoms with E-state index in [-0.39, 0.29) is 5.91 Å². The maximum atomic E-state index is 13.2. The number of aryl methyl sites for hydroxylation is 2. The minimum absolute atomic E-state index is 0.320. The van der Waals surface area contributed by atoms with Gasteiger partial charge >= 0.3 is 0 Å². The van der Waals surface area contributed by atoms with Crippen LogP contribution in [0.3, 0.4) is 0 Å². The first-order valence-corrected chi connectivity index (χ1v) is 12.2. The summed E-state index contributed by atoms with van der Waals surface area (Å²) >= 11 is 7.90. The zero-order valence-electron chi connectivity index (χ0n) is 19.0.